The van der Waals surface area contributed by atoms with Crippen molar-refractivity contribution in [2.24, 2.45) is 0 Å². The SMILES string of the molecule is O=C([O-])c1cc(C(=O)[O-])c2cccc(Cl)c2n1. The van der Waals surface area contributed by atoms with Crippen LogP contribution in [0, 0.1) is 0 Å². The van der Waals surface area contributed by atoms with Crippen LogP contribution in [0.25, 0.3) is 10.9 Å². The lowest BCUT2D eigenvalue weighted by molar-refractivity contribution is -0.255. The summed E-state index contributed by atoms with van der Waals surface area (Å²) >= 11 is 5.82. The highest BCUT2D eigenvalue weighted by Crippen LogP contribution is 2.24. The van der Waals surface area contributed by atoms with Gasteiger partial charge in [0.2, 0.25) is 0 Å². The quantitative estimate of drug-likeness (QED) is 0.723. The van der Waals surface area contributed by atoms with Crippen LogP contribution in [-0.4, -0.2) is 16.9 Å². The molecule has 0 fully saturated rings. The molecule has 1 aromatic heterocycles. The molecule has 2 rings (SSSR count). The zero-order valence-corrected chi connectivity index (χ0v) is 9.02. The van der Waals surface area contributed by atoms with Gasteiger partial charge in [-0.15, -0.1) is 0 Å². The van der Waals surface area contributed by atoms with E-state index in [1.165, 1.54) is 18.2 Å². The van der Waals surface area contributed by atoms with Gasteiger partial charge in [0.15, 0.2) is 0 Å². The molecule has 0 amide bonds. The van der Waals surface area contributed by atoms with Gasteiger partial charge in [0.25, 0.3) is 0 Å². The maximum atomic E-state index is 10.9. The molecule has 0 saturated carbocycles. The predicted molar refractivity (Wildman–Crippen MR) is 55.4 cm³/mol. The van der Waals surface area contributed by atoms with Crippen molar-refractivity contribution >= 4 is 34.4 Å². The van der Waals surface area contributed by atoms with Crippen LogP contribution in [-0.2, 0) is 0 Å². The van der Waals surface area contributed by atoms with E-state index >= 15 is 0 Å². The molecule has 0 atom stereocenters. The summed E-state index contributed by atoms with van der Waals surface area (Å²) in [7, 11) is 0. The third-order valence-corrected chi connectivity index (χ3v) is 2.52. The molecular formula is C11H4ClNO4-2. The summed E-state index contributed by atoms with van der Waals surface area (Å²) in [5.41, 5.74) is -0.684. The average molecular weight is 250 g/mol. The molecule has 0 aliphatic carbocycles. The van der Waals surface area contributed by atoms with Gasteiger partial charge in [0, 0.05) is 10.9 Å². The second-order valence-corrected chi connectivity index (χ2v) is 3.67. The molecule has 0 saturated heterocycles. The van der Waals surface area contributed by atoms with Gasteiger partial charge in [-0.05, 0) is 12.1 Å². The van der Waals surface area contributed by atoms with E-state index in [1.54, 1.807) is 0 Å². The summed E-state index contributed by atoms with van der Waals surface area (Å²) in [5.74, 6) is -3.07. The van der Waals surface area contributed by atoms with Crippen LogP contribution in [0.4, 0.5) is 0 Å². The van der Waals surface area contributed by atoms with Crippen LogP contribution in [0.3, 0.4) is 0 Å². The molecule has 86 valence electrons. The van der Waals surface area contributed by atoms with Crippen LogP contribution in [0.2, 0.25) is 5.02 Å². The first-order valence-electron chi connectivity index (χ1n) is 4.52. The molecule has 0 aliphatic rings. The number of fused-ring (bicyclic) bond motifs is 1. The van der Waals surface area contributed by atoms with Crippen LogP contribution >= 0.6 is 11.6 Å². The molecule has 0 N–H and O–H groups in total. The molecular weight excluding hydrogens is 246 g/mol. The van der Waals surface area contributed by atoms with Crippen molar-refractivity contribution in [3.05, 3.63) is 40.5 Å². The van der Waals surface area contributed by atoms with Crippen LogP contribution < -0.4 is 10.2 Å². The standard InChI is InChI=1S/C11H6ClNO4/c12-7-3-1-2-5-6(10(14)15)4-8(11(16)17)13-9(5)7/h1-4H,(H,14,15)(H,16,17)/p-2. The monoisotopic (exact) mass is 249 g/mol. The van der Waals surface area contributed by atoms with E-state index in [0.29, 0.717) is 0 Å². The molecule has 6 heteroatoms. The lowest BCUT2D eigenvalue weighted by Gasteiger charge is -2.11. The number of pyridine rings is 1. The third kappa shape index (κ3) is 1.92. The number of nitrogens with zero attached hydrogens (tertiary/aromatic N) is 1. The average Bonchev–Trinajstić information content (AvgIpc) is 2.28. The fourth-order valence-electron chi connectivity index (χ4n) is 1.49. The summed E-state index contributed by atoms with van der Waals surface area (Å²) in [4.78, 5) is 25.3. The Morgan fingerprint density at radius 3 is 2.47 bits per heavy atom. The zero-order valence-electron chi connectivity index (χ0n) is 8.27. The molecule has 1 aromatic carbocycles. The summed E-state index contributed by atoms with van der Waals surface area (Å²) < 4.78 is 0. The molecule has 2 aromatic rings. The van der Waals surface area contributed by atoms with Crippen molar-refractivity contribution in [3.8, 4) is 0 Å². The van der Waals surface area contributed by atoms with Gasteiger partial charge in [-0.25, -0.2) is 4.98 Å². The Balaban J connectivity index is 2.91. The number of carbonyl (C=O) groups is 2. The summed E-state index contributed by atoms with van der Waals surface area (Å²) in [6.07, 6.45) is 0. The predicted octanol–water partition coefficient (Wildman–Crippen LogP) is -0.385. The fourth-order valence-corrected chi connectivity index (χ4v) is 1.70. The van der Waals surface area contributed by atoms with Gasteiger partial charge in [-0.3, -0.25) is 0 Å². The van der Waals surface area contributed by atoms with Gasteiger partial charge in [0.1, 0.15) is 0 Å². The lowest BCUT2D eigenvalue weighted by atomic mass is 10.1. The zero-order chi connectivity index (χ0) is 12.6. The minimum atomic E-state index is -1.57. The Hall–Kier alpha value is -2.14. The third-order valence-electron chi connectivity index (χ3n) is 2.22. The van der Waals surface area contributed by atoms with Crippen LogP contribution in [0.5, 0.6) is 0 Å². The Morgan fingerprint density at radius 1 is 1.18 bits per heavy atom. The second kappa shape index (κ2) is 4.03. The number of hydrogen-bond donors (Lipinski definition) is 0. The number of aromatic nitrogens is 1. The highest BCUT2D eigenvalue weighted by atomic mass is 35.5. The van der Waals surface area contributed by atoms with E-state index in [4.69, 9.17) is 11.6 Å². The van der Waals surface area contributed by atoms with E-state index < -0.39 is 17.6 Å². The number of para-hydroxylation sites is 1. The van der Waals surface area contributed by atoms with Crippen LogP contribution in [0.1, 0.15) is 20.8 Å². The molecule has 0 aliphatic heterocycles. The molecule has 0 spiro atoms. The van der Waals surface area contributed by atoms with Gasteiger partial charge in [-0.2, -0.15) is 0 Å². The number of benzene rings is 1. The van der Waals surface area contributed by atoms with Crippen molar-refractivity contribution in [2.75, 3.05) is 0 Å². The number of rotatable bonds is 2. The van der Waals surface area contributed by atoms with Gasteiger partial charge < -0.3 is 19.8 Å². The smallest absolute Gasteiger partial charge is 0.0902 e. The summed E-state index contributed by atoms with van der Waals surface area (Å²) in [5, 5.41) is 22.0. The first-order valence-corrected chi connectivity index (χ1v) is 4.90. The molecule has 1 heterocycles. The van der Waals surface area contributed by atoms with Gasteiger partial charge in [0.05, 0.1) is 28.2 Å². The minimum Gasteiger partial charge on any atom is -0.545 e. The number of carboxylic acid groups (broad SMARTS) is 2. The van der Waals surface area contributed by atoms with Crippen molar-refractivity contribution in [1.29, 1.82) is 0 Å². The van der Waals surface area contributed by atoms with Crippen molar-refractivity contribution < 1.29 is 19.8 Å². The van der Waals surface area contributed by atoms with E-state index in [9.17, 15) is 19.8 Å². The molecule has 0 unspecified atom stereocenters. The molecule has 17 heavy (non-hydrogen) atoms. The Kier molecular flexibility index (Phi) is 2.69. The minimum absolute atomic E-state index is 0.0927. The largest absolute Gasteiger partial charge is 0.545 e. The van der Waals surface area contributed by atoms with Crippen molar-refractivity contribution in [1.82, 2.24) is 4.98 Å². The molecule has 0 radical (unpaired) electrons. The Morgan fingerprint density at radius 2 is 1.88 bits per heavy atom. The number of halogens is 1. The second-order valence-electron chi connectivity index (χ2n) is 3.27. The number of carboxylic acids is 2. The van der Waals surface area contributed by atoms with Crippen molar-refractivity contribution in [3.63, 3.8) is 0 Å². The van der Waals surface area contributed by atoms with Gasteiger partial charge >= 0.3 is 0 Å². The number of hydrogen-bond acceptors (Lipinski definition) is 5. The Labute approximate surface area is 100 Å². The van der Waals surface area contributed by atoms with Crippen molar-refractivity contribution in [2.45, 2.75) is 0 Å². The Bertz CT molecular complexity index is 639. The maximum Gasteiger partial charge on any atom is 0.0902 e. The van der Waals surface area contributed by atoms with E-state index in [-0.39, 0.29) is 21.5 Å². The highest BCUT2D eigenvalue weighted by Gasteiger charge is 2.09. The summed E-state index contributed by atoms with van der Waals surface area (Å²) in [6, 6.07) is 5.38. The fraction of sp³-hybridized carbons (Fsp3) is 0. The first-order chi connectivity index (χ1) is 8.00. The van der Waals surface area contributed by atoms with E-state index in [2.05, 4.69) is 4.98 Å². The first kappa shape index (κ1) is 11.3. The summed E-state index contributed by atoms with van der Waals surface area (Å²) in [6.45, 7) is 0. The van der Waals surface area contributed by atoms with Crippen LogP contribution in [0.15, 0.2) is 24.3 Å². The lowest BCUT2D eigenvalue weighted by Crippen LogP contribution is -2.27. The maximum absolute atomic E-state index is 10.9. The van der Waals surface area contributed by atoms with E-state index in [1.807, 2.05) is 0 Å². The highest BCUT2D eigenvalue weighted by molar-refractivity contribution is 6.35. The van der Waals surface area contributed by atoms with Gasteiger partial charge in [-0.1, -0.05) is 23.7 Å². The number of aromatic carboxylic acids is 2. The molecule has 5 nitrogen and oxygen atoms in total. The topological polar surface area (TPSA) is 93.1 Å². The van der Waals surface area contributed by atoms with E-state index in [0.717, 1.165) is 6.07 Å². The molecule has 0 bridgehead atoms. The normalized spacial score (nSPS) is 10.4. The number of carbonyl (C=O) groups excluding carboxylic acids is 2.